The van der Waals surface area contributed by atoms with Gasteiger partial charge in [0.1, 0.15) is 22.9 Å². The fourth-order valence-corrected chi connectivity index (χ4v) is 2.05. The first kappa shape index (κ1) is 17.7. The highest BCUT2D eigenvalue weighted by Crippen LogP contribution is 2.21. The minimum absolute atomic E-state index is 0.200. The van der Waals surface area contributed by atoms with Crippen molar-refractivity contribution in [2.75, 3.05) is 11.9 Å². The normalized spacial score (nSPS) is 13.2. The first-order valence-corrected chi connectivity index (χ1v) is 7.33. The lowest BCUT2D eigenvalue weighted by Crippen LogP contribution is -2.43. The van der Waals surface area contributed by atoms with Crippen molar-refractivity contribution < 1.29 is 23.5 Å². The van der Waals surface area contributed by atoms with Crippen LogP contribution in [-0.4, -0.2) is 23.5 Å². The maximum absolute atomic E-state index is 13.2. The summed E-state index contributed by atoms with van der Waals surface area (Å²) in [6, 6.07) is 7.27. The van der Waals surface area contributed by atoms with Crippen LogP contribution in [0.5, 0.6) is 0 Å². The summed E-state index contributed by atoms with van der Waals surface area (Å²) in [6.07, 6.45) is 0. The van der Waals surface area contributed by atoms with Gasteiger partial charge in [-0.05, 0) is 56.7 Å². The summed E-state index contributed by atoms with van der Waals surface area (Å²) in [5.41, 5.74) is -0.789. The van der Waals surface area contributed by atoms with Gasteiger partial charge in [0.2, 0.25) is 0 Å². The Balaban J connectivity index is 1.94. The van der Waals surface area contributed by atoms with Crippen LogP contribution >= 0.6 is 0 Å². The molecule has 2 rings (SSSR count). The molecule has 0 bridgehead atoms. The number of halogens is 1. The molecule has 3 N–H and O–H groups in total. The number of furan rings is 1. The minimum Gasteiger partial charge on any atom is -0.463 e. The number of amides is 2. The van der Waals surface area contributed by atoms with Crippen LogP contribution in [0.1, 0.15) is 24.0 Å². The molecular weight excluding hydrogens is 315 g/mol. The van der Waals surface area contributed by atoms with Crippen molar-refractivity contribution in [3.8, 4) is 0 Å². The first-order chi connectivity index (χ1) is 11.2. The van der Waals surface area contributed by atoms with Crippen LogP contribution in [0, 0.1) is 19.7 Å². The topological polar surface area (TPSA) is 91.6 Å². The molecule has 0 aliphatic heterocycles. The number of benzene rings is 1. The van der Waals surface area contributed by atoms with Gasteiger partial charge in [0.15, 0.2) is 0 Å². The van der Waals surface area contributed by atoms with E-state index in [2.05, 4.69) is 10.6 Å². The van der Waals surface area contributed by atoms with E-state index in [4.69, 9.17) is 4.42 Å². The molecule has 0 aliphatic rings. The van der Waals surface area contributed by atoms with E-state index in [1.807, 2.05) is 0 Å². The second-order valence-electron chi connectivity index (χ2n) is 5.78. The van der Waals surface area contributed by atoms with E-state index < -0.39 is 23.2 Å². The lowest BCUT2D eigenvalue weighted by molar-refractivity contribution is -0.136. The number of nitrogens with one attached hydrogen (secondary N) is 2. The van der Waals surface area contributed by atoms with Gasteiger partial charge in [-0.25, -0.2) is 4.39 Å². The second-order valence-corrected chi connectivity index (χ2v) is 5.78. The van der Waals surface area contributed by atoms with Gasteiger partial charge in [0, 0.05) is 5.69 Å². The lowest BCUT2D eigenvalue weighted by Gasteiger charge is -2.21. The summed E-state index contributed by atoms with van der Waals surface area (Å²) >= 11 is 0. The van der Waals surface area contributed by atoms with E-state index in [9.17, 15) is 19.1 Å². The van der Waals surface area contributed by atoms with E-state index in [0.29, 0.717) is 17.0 Å². The number of hydrogen-bond acceptors (Lipinski definition) is 4. The molecule has 1 atom stereocenters. The molecule has 24 heavy (non-hydrogen) atoms. The number of carbonyl (C=O) groups excluding carboxylic acids is 2. The van der Waals surface area contributed by atoms with E-state index in [-0.39, 0.29) is 12.3 Å². The predicted octanol–water partition coefficient (Wildman–Crippen LogP) is 2.00. The Labute approximate surface area is 138 Å². The van der Waals surface area contributed by atoms with Gasteiger partial charge in [-0.2, -0.15) is 0 Å². The molecule has 1 aromatic heterocycles. The van der Waals surface area contributed by atoms with Crippen molar-refractivity contribution in [1.29, 1.82) is 0 Å². The summed E-state index contributed by atoms with van der Waals surface area (Å²) in [6.45, 7) is 4.55. The van der Waals surface area contributed by atoms with E-state index in [1.165, 1.54) is 25.1 Å². The average Bonchev–Trinajstić information content (AvgIpc) is 2.96. The largest absolute Gasteiger partial charge is 0.463 e. The summed E-state index contributed by atoms with van der Waals surface area (Å²) in [5.74, 6) is -1.31. The maximum Gasteiger partial charge on any atom is 0.313 e. The fourth-order valence-electron chi connectivity index (χ4n) is 2.05. The van der Waals surface area contributed by atoms with Crippen molar-refractivity contribution in [2.45, 2.75) is 26.4 Å². The van der Waals surface area contributed by atoms with Gasteiger partial charge in [-0.1, -0.05) is 0 Å². The van der Waals surface area contributed by atoms with Crippen LogP contribution in [0.3, 0.4) is 0 Å². The molecule has 2 amide bonds. The quantitative estimate of drug-likeness (QED) is 0.746. The van der Waals surface area contributed by atoms with Gasteiger partial charge in [-0.3, -0.25) is 9.59 Å². The van der Waals surface area contributed by atoms with Crippen molar-refractivity contribution in [3.63, 3.8) is 0 Å². The lowest BCUT2D eigenvalue weighted by atomic mass is 10.0. The van der Waals surface area contributed by atoms with Crippen molar-refractivity contribution >= 4 is 17.5 Å². The molecule has 0 fully saturated rings. The van der Waals surface area contributed by atoms with Crippen LogP contribution in [0.2, 0.25) is 0 Å². The first-order valence-electron chi connectivity index (χ1n) is 7.33. The van der Waals surface area contributed by atoms with E-state index >= 15 is 0 Å². The van der Waals surface area contributed by atoms with Crippen LogP contribution in [0.15, 0.2) is 34.7 Å². The number of aliphatic hydroxyl groups is 1. The zero-order valence-electron chi connectivity index (χ0n) is 13.6. The third kappa shape index (κ3) is 4.20. The highest BCUT2D eigenvalue weighted by molar-refractivity contribution is 6.39. The molecule has 0 saturated carbocycles. The van der Waals surface area contributed by atoms with E-state index in [0.717, 1.165) is 0 Å². The molecule has 1 heterocycles. The highest BCUT2D eigenvalue weighted by Gasteiger charge is 2.28. The molecular formula is C17H19FN2O4. The smallest absolute Gasteiger partial charge is 0.313 e. The van der Waals surface area contributed by atoms with Gasteiger partial charge >= 0.3 is 11.8 Å². The molecule has 7 heteroatoms. The van der Waals surface area contributed by atoms with Gasteiger partial charge in [-0.15, -0.1) is 0 Å². The maximum atomic E-state index is 13.2. The standard InChI is InChI=1S/C17H19FN2O4/c1-10-8-12(5-6-13(10)18)20-16(22)15(21)19-9-17(3,23)14-7-4-11(2)24-14/h4-8,23H,9H2,1-3H3,(H,19,21)(H,20,22). The van der Waals surface area contributed by atoms with Crippen molar-refractivity contribution in [1.82, 2.24) is 5.32 Å². The third-order valence-electron chi connectivity index (χ3n) is 3.49. The second kappa shape index (κ2) is 6.84. The minimum atomic E-state index is -1.45. The molecule has 6 nitrogen and oxygen atoms in total. The fraction of sp³-hybridized carbons (Fsp3) is 0.294. The Morgan fingerprint density at radius 2 is 1.92 bits per heavy atom. The molecule has 0 spiro atoms. The van der Waals surface area contributed by atoms with Crippen LogP contribution in [0.4, 0.5) is 10.1 Å². The zero-order valence-corrected chi connectivity index (χ0v) is 13.6. The number of rotatable bonds is 4. The van der Waals surface area contributed by atoms with Gasteiger partial charge in [0.25, 0.3) is 0 Å². The highest BCUT2D eigenvalue weighted by atomic mass is 19.1. The Hall–Kier alpha value is -2.67. The van der Waals surface area contributed by atoms with Crippen molar-refractivity contribution in [3.05, 3.63) is 53.2 Å². The molecule has 1 unspecified atom stereocenters. The SMILES string of the molecule is Cc1ccc(C(C)(O)CNC(=O)C(=O)Nc2ccc(F)c(C)c2)o1. The summed E-state index contributed by atoms with van der Waals surface area (Å²) in [4.78, 5) is 23.7. The molecule has 0 radical (unpaired) electrons. The third-order valence-corrected chi connectivity index (χ3v) is 3.49. The Bertz CT molecular complexity index is 768. The Kier molecular flexibility index (Phi) is 5.04. The van der Waals surface area contributed by atoms with Gasteiger partial charge < -0.3 is 20.2 Å². The average molecular weight is 334 g/mol. The van der Waals surface area contributed by atoms with Crippen molar-refractivity contribution in [2.24, 2.45) is 0 Å². The van der Waals surface area contributed by atoms with Crippen LogP contribution in [-0.2, 0) is 15.2 Å². The molecule has 1 aromatic carbocycles. The molecule has 0 aliphatic carbocycles. The van der Waals surface area contributed by atoms with Crippen LogP contribution in [0.25, 0.3) is 0 Å². The number of aryl methyl sites for hydroxylation is 2. The van der Waals surface area contributed by atoms with Gasteiger partial charge in [0.05, 0.1) is 6.54 Å². The molecule has 0 saturated heterocycles. The number of carbonyl (C=O) groups is 2. The zero-order chi connectivity index (χ0) is 17.9. The van der Waals surface area contributed by atoms with E-state index in [1.54, 1.807) is 26.0 Å². The number of hydrogen-bond donors (Lipinski definition) is 3. The Morgan fingerprint density at radius 1 is 1.21 bits per heavy atom. The molecule has 2 aromatic rings. The predicted molar refractivity (Wildman–Crippen MR) is 85.8 cm³/mol. The summed E-state index contributed by atoms with van der Waals surface area (Å²) in [5, 5.41) is 15.0. The number of anilines is 1. The van der Waals surface area contributed by atoms with Crippen LogP contribution < -0.4 is 10.6 Å². The Morgan fingerprint density at radius 3 is 2.50 bits per heavy atom. The summed E-state index contributed by atoms with van der Waals surface area (Å²) in [7, 11) is 0. The monoisotopic (exact) mass is 334 g/mol. The summed E-state index contributed by atoms with van der Waals surface area (Å²) < 4.78 is 18.5. The molecule has 128 valence electrons.